The zero-order valence-corrected chi connectivity index (χ0v) is 17.5. The van der Waals surface area contributed by atoms with Gasteiger partial charge in [0, 0.05) is 38.3 Å². The van der Waals surface area contributed by atoms with E-state index in [4.69, 9.17) is 4.74 Å². The monoisotopic (exact) mass is 436 g/mol. The summed E-state index contributed by atoms with van der Waals surface area (Å²) in [5.74, 6) is -0.660. The Hall–Kier alpha value is -2.50. The minimum atomic E-state index is -3.72. The van der Waals surface area contributed by atoms with Gasteiger partial charge in [0.1, 0.15) is 6.04 Å². The van der Waals surface area contributed by atoms with Crippen LogP contribution in [0.25, 0.3) is 0 Å². The second-order valence-electron chi connectivity index (χ2n) is 7.37. The molecule has 3 aliphatic heterocycles. The first-order valence-electron chi connectivity index (χ1n) is 9.94. The Kier molecular flexibility index (Phi) is 5.51. The number of piperazine rings is 1. The van der Waals surface area contributed by atoms with Gasteiger partial charge in [-0.2, -0.15) is 4.31 Å². The first kappa shape index (κ1) is 20.8. The summed E-state index contributed by atoms with van der Waals surface area (Å²) in [5, 5.41) is 0. The van der Waals surface area contributed by atoms with Crippen molar-refractivity contribution < 1.29 is 27.5 Å². The molecule has 0 bridgehead atoms. The number of morpholine rings is 1. The largest absolute Gasteiger partial charge is 0.379 e. The van der Waals surface area contributed by atoms with Gasteiger partial charge >= 0.3 is 6.03 Å². The molecule has 30 heavy (non-hydrogen) atoms. The van der Waals surface area contributed by atoms with Crippen molar-refractivity contribution in [2.24, 2.45) is 0 Å². The number of carbonyl (C=O) groups excluding carboxylic acids is 3. The number of fused-ring (bicyclic) bond motifs is 1. The summed E-state index contributed by atoms with van der Waals surface area (Å²) in [6.45, 7) is 3.89. The lowest BCUT2D eigenvalue weighted by molar-refractivity contribution is -0.129. The van der Waals surface area contributed by atoms with E-state index < -0.39 is 16.1 Å². The van der Waals surface area contributed by atoms with Crippen LogP contribution in [0.5, 0.6) is 0 Å². The third-order valence-corrected chi connectivity index (χ3v) is 7.59. The third-order valence-electron chi connectivity index (χ3n) is 5.70. The minimum Gasteiger partial charge on any atom is -0.379 e. The molecule has 1 aromatic carbocycles. The van der Waals surface area contributed by atoms with Crippen LogP contribution in [0.1, 0.15) is 17.3 Å². The summed E-state index contributed by atoms with van der Waals surface area (Å²) in [7, 11) is -3.72. The molecule has 0 saturated carbocycles. The Bertz CT molecular complexity index is 975. The number of hydrogen-bond donors (Lipinski definition) is 0. The van der Waals surface area contributed by atoms with Crippen molar-refractivity contribution in [3.8, 4) is 0 Å². The van der Waals surface area contributed by atoms with Crippen LogP contribution in [-0.4, -0.2) is 104 Å². The van der Waals surface area contributed by atoms with Crippen LogP contribution >= 0.6 is 0 Å². The highest BCUT2D eigenvalue weighted by molar-refractivity contribution is 7.89. The molecule has 1 atom stereocenters. The number of rotatable bonds is 4. The second-order valence-corrected chi connectivity index (χ2v) is 9.31. The fourth-order valence-corrected chi connectivity index (χ4v) is 5.49. The fourth-order valence-electron chi connectivity index (χ4n) is 4.04. The summed E-state index contributed by atoms with van der Waals surface area (Å²) < 4.78 is 32.3. The standard InChI is InChI=1S/C19H24N4O6S/c1-2-22-18(25)16-13-20(6-7-23(16)19(22)26)17(24)14-4-3-5-15(12-14)30(27,28)21-8-10-29-11-9-21/h3-5,12,16H,2,6-11,13H2,1H3/t16-/m1/s1. The molecule has 11 heteroatoms. The van der Waals surface area contributed by atoms with Crippen molar-refractivity contribution >= 4 is 27.9 Å². The smallest absolute Gasteiger partial charge is 0.327 e. The third kappa shape index (κ3) is 3.46. The van der Waals surface area contributed by atoms with Crippen molar-refractivity contribution in [3.63, 3.8) is 0 Å². The van der Waals surface area contributed by atoms with Crippen molar-refractivity contribution in [1.82, 2.24) is 19.0 Å². The molecule has 3 heterocycles. The van der Waals surface area contributed by atoms with Crippen LogP contribution in [0.3, 0.4) is 0 Å². The van der Waals surface area contributed by atoms with E-state index in [0.717, 1.165) is 0 Å². The van der Waals surface area contributed by atoms with E-state index in [1.165, 1.54) is 31.1 Å². The van der Waals surface area contributed by atoms with E-state index in [2.05, 4.69) is 0 Å². The van der Waals surface area contributed by atoms with Crippen LogP contribution in [0.15, 0.2) is 29.2 Å². The van der Waals surface area contributed by atoms with E-state index in [1.54, 1.807) is 19.1 Å². The Morgan fingerprint density at radius 2 is 1.87 bits per heavy atom. The predicted octanol–water partition coefficient (Wildman–Crippen LogP) is -0.184. The van der Waals surface area contributed by atoms with Gasteiger partial charge in [0.05, 0.1) is 24.7 Å². The fraction of sp³-hybridized carbons (Fsp3) is 0.526. The number of urea groups is 1. The molecule has 0 unspecified atom stereocenters. The zero-order valence-electron chi connectivity index (χ0n) is 16.7. The molecule has 3 aliphatic rings. The molecule has 162 valence electrons. The summed E-state index contributed by atoms with van der Waals surface area (Å²) in [6.07, 6.45) is 0. The van der Waals surface area contributed by atoms with E-state index in [0.29, 0.717) is 19.8 Å². The lowest BCUT2D eigenvalue weighted by Crippen LogP contribution is -2.54. The van der Waals surface area contributed by atoms with E-state index >= 15 is 0 Å². The molecule has 1 aromatic rings. The van der Waals surface area contributed by atoms with Crippen molar-refractivity contribution in [2.75, 3.05) is 52.5 Å². The molecule has 0 aromatic heterocycles. The van der Waals surface area contributed by atoms with Crippen LogP contribution < -0.4 is 0 Å². The van der Waals surface area contributed by atoms with E-state index in [9.17, 15) is 22.8 Å². The minimum absolute atomic E-state index is 0.0539. The molecule has 0 aliphatic carbocycles. The van der Waals surface area contributed by atoms with Gasteiger partial charge in [-0.05, 0) is 25.1 Å². The number of sulfonamides is 1. The number of imide groups is 1. The van der Waals surface area contributed by atoms with Crippen molar-refractivity contribution in [3.05, 3.63) is 29.8 Å². The number of nitrogens with zero attached hydrogens (tertiary/aromatic N) is 4. The number of likely N-dealkylation sites (N-methyl/N-ethyl adjacent to an activating group) is 1. The highest BCUT2D eigenvalue weighted by Gasteiger charge is 2.47. The lowest BCUT2D eigenvalue weighted by atomic mass is 10.1. The maximum Gasteiger partial charge on any atom is 0.327 e. The first-order chi connectivity index (χ1) is 14.3. The van der Waals surface area contributed by atoms with Gasteiger partial charge in [-0.15, -0.1) is 0 Å². The van der Waals surface area contributed by atoms with E-state index in [1.807, 2.05) is 0 Å². The van der Waals surface area contributed by atoms with Crippen LogP contribution in [0, 0.1) is 0 Å². The van der Waals surface area contributed by atoms with Gasteiger partial charge in [-0.1, -0.05) is 6.07 Å². The number of benzene rings is 1. The predicted molar refractivity (Wildman–Crippen MR) is 105 cm³/mol. The molecule has 3 saturated heterocycles. The normalized spacial score (nSPS) is 23.1. The zero-order chi connectivity index (χ0) is 21.5. The molecule has 0 radical (unpaired) electrons. The molecule has 0 spiro atoms. The number of hydrogen-bond acceptors (Lipinski definition) is 6. The molecular weight excluding hydrogens is 412 g/mol. The van der Waals surface area contributed by atoms with Gasteiger partial charge in [0.2, 0.25) is 10.0 Å². The van der Waals surface area contributed by atoms with Gasteiger partial charge in [-0.3, -0.25) is 14.5 Å². The Morgan fingerprint density at radius 1 is 1.13 bits per heavy atom. The van der Waals surface area contributed by atoms with Gasteiger partial charge in [-0.25, -0.2) is 13.2 Å². The maximum absolute atomic E-state index is 13.1. The Labute approximate surface area is 175 Å². The highest BCUT2D eigenvalue weighted by Crippen LogP contribution is 2.24. The van der Waals surface area contributed by atoms with Crippen LogP contribution in [0.4, 0.5) is 4.79 Å². The van der Waals surface area contributed by atoms with Gasteiger partial charge in [0.15, 0.2) is 0 Å². The lowest BCUT2D eigenvalue weighted by Gasteiger charge is -2.35. The quantitative estimate of drug-likeness (QED) is 0.606. The molecule has 4 rings (SSSR count). The van der Waals surface area contributed by atoms with E-state index in [-0.39, 0.29) is 61.0 Å². The first-order valence-corrected chi connectivity index (χ1v) is 11.4. The van der Waals surface area contributed by atoms with Gasteiger partial charge < -0.3 is 14.5 Å². The summed E-state index contributed by atoms with van der Waals surface area (Å²) in [5.41, 5.74) is 0.238. The number of amides is 4. The average Bonchev–Trinajstić information content (AvgIpc) is 3.02. The average molecular weight is 436 g/mol. The van der Waals surface area contributed by atoms with Gasteiger partial charge in [0.25, 0.3) is 11.8 Å². The SMILES string of the molecule is CCN1C(=O)[C@H]2CN(C(=O)c3cccc(S(=O)(=O)N4CCOCC4)c3)CCN2C1=O. The summed E-state index contributed by atoms with van der Waals surface area (Å²) >= 11 is 0. The number of carbonyl (C=O) groups is 3. The van der Waals surface area contributed by atoms with Crippen LogP contribution in [-0.2, 0) is 19.6 Å². The Morgan fingerprint density at radius 3 is 2.57 bits per heavy atom. The Balaban J connectivity index is 1.53. The highest BCUT2D eigenvalue weighted by atomic mass is 32.2. The molecular formula is C19H24N4O6S. The molecule has 4 amide bonds. The summed E-state index contributed by atoms with van der Waals surface area (Å²) in [4.78, 5) is 42.1. The van der Waals surface area contributed by atoms with Crippen LogP contribution in [0.2, 0.25) is 0 Å². The molecule has 0 N–H and O–H groups in total. The van der Waals surface area contributed by atoms with Crippen molar-refractivity contribution in [1.29, 1.82) is 0 Å². The summed E-state index contributed by atoms with van der Waals surface area (Å²) in [6, 6.07) is 4.94. The number of ether oxygens (including phenoxy) is 1. The maximum atomic E-state index is 13.1. The second kappa shape index (κ2) is 7.97. The molecule has 10 nitrogen and oxygen atoms in total. The van der Waals surface area contributed by atoms with Crippen molar-refractivity contribution in [2.45, 2.75) is 17.9 Å². The topological polar surface area (TPSA) is 108 Å². The molecule has 3 fully saturated rings.